The number of ketones is 1. The van der Waals surface area contributed by atoms with Crippen LogP contribution in [0.3, 0.4) is 0 Å². The molecule has 0 aliphatic heterocycles. The van der Waals surface area contributed by atoms with Crippen LogP contribution in [-0.2, 0) is 13.5 Å². The average molecular weight is 472 g/mol. The van der Waals surface area contributed by atoms with Gasteiger partial charge >= 0.3 is 6.18 Å². The lowest BCUT2D eigenvalue weighted by atomic mass is 9.94. The highest BCUT2D eigenvalue weighted by Gasteiger charge is 2.62. The van der Waals surface area contributed by atoms with Gasteiger partial charge in [0.15, 0.2) is 5.78 Å². The Kier molecular flexibility index (Phi) is 7.97. The van der Waals surface area contributed by atoms with E-state index in [0.717, 1.165) is 35.9 Å². The van der Waals surface area contributed by atoms with Crippen molar-refractivity contribution in [3.8, 4) is 0 Å². The molecular formula is C25H33ClF3NO2. The van der Waals surface area contributed by atoms with Crippen LogP contribution in [-0.4, -0.2) is 28.2 Å². The topological polar surface area (TPSA) is 42.2 Å². The number of nitrogens with zero attached hydrogens (tertiary/aromatic N) is 1. The van der Waals surface area contributed by atoms with E-state index in [1.54, 1.807) is 0 Å². The van der Waals surface area contributed by atoms with E-state index in [1.165, 1.54) is 0 Å². The number of rotatable bonds is 12. The molecule has 1 aromatic carbocycles. The number of hydrogen-bond acceptors (Lipinski definition) is 2. The van der Waals surface area contributed by atoms with Crippen LogP contribution < -0.4 is 0 Å². The molecule has 1 aliphatic rings. The molecule has 3 nitrogen and oxygen atoms in total. The summed E-state index contributed by atoms with van der Waals surface area (Å²) in [6.45, 7) is 2.01. The molecule has 3 rings (SSSR count). The maximum Gasteiger partial charge on any atom is 0.394 e. The van der Waals surface area contributed by atoms with Crippen molar-refractivity contribution < 1.29 is 23.1 Å². The smallest absolute Gasteiger partial charge is 0.394 e. The molecule has 1 atom stereocenters. The van der Waals surface area contributed by atoms with E-state index < -0.39 is 11.6 Å². The van der Waals surface area contributed by atoms with Crippen LogP contribution in [0.2, 0.25) is 5.02 Å². The minimum atomic E-state index is -4.07. The fraction of sp³-hybridized carbons (Fsp3) is 0.640. The molecule has 1 fully saturated rings. The maximum atomic E-state index is 13.2. The number of Topliss-reactive ketones (excluding diaryl/α,β-unsaturated/α-hetero) is 1. The zero-order valence-electron chi connectivity index (χ0n) is 18.9. The number of benzene rings is 1. The highest BCUT2D eigenvalue weighted by atomic mass is 35.5. The third kappa shape index (κ3) is 5.51. The molecule has 7 heteroatoms. The molecule has 1 saturated carbocycles. The van der Waals surface area contributed by atoms with Gasteiger partial charge in [-0.15, -0.1) is 0 Å². The van der Waals surface area contributed by atoms with Crippen LogP contribution in [0.5, 0.6) is 0 Å². The van der Waals surface area contributed by atoms with Gasteiger partial charge in [0, 0.05) is 47.3 Å². The van der Waals surface area contributed by atoms with Crippen molar-refractivity contribution in [1.82, 2.24) is 4.57 Å². The first kappa shape index (κ1) is 25.1. The van der Waals surface area contributed by atoms with E-state index in [4.69, 9.17) is 11.6 Å². The normalized spacial score (nSPS) is 16.5. The van der Waals surface area contributed by atoms with E-state index in [1.807, 2.05) is 36.7 Å². The van der Waals surface area contributed by atoms with Crippen molar-refractivity contribution in [3.05, 3.63) is 34.5 Å². The summed E-state index contributed by atoms with van der Waals surface area (Å²) in [6.07, 6.45) is 1.36. The first-order valence-corrected chi connectivity index (χ1v) is 11.9. The molecule has 1 N–H and O–H groups in total. The number of carbonyl (C=O) groups is 1. The first-order valence-electron chi connectivity index (χ1n) is 11.6. The minimum absolute atomic E-state index is 0.0506. The Hall–Kier alpha value is -1.53. The van der Waals surface area contributed by atoms with Gasteiger partial charge in [-0.25, -0.2) is 0 Å². The summed E-state index contributed by atoms with van der Waals surface area (Å²) in [4.78, 5) is 13.2. The fourth-order valence-corrected chi connectivity index (χ4v) is 4.92. The van der Waals surface area contributed by atoms with Crippen LogP contribution in [0.1, 0.15) is 80.8 Å². The van der Waals surface area contributed by atoms with Gasteiger partial charge in [-0.1, -0.05) is 37.8 Å². The third-order valence-electron chi connectivity index (χ3n) is 6.99. The van der Waals surface area contributed by atoms with Gasteiger partial charge in [0.05, 0.1) is 5.41 Å². The molecule has 32 heavy (non-hydrogen) atoms. The van der Waals surface area contributed by atoms with E-state index in [0.29, 0.717) is 36.3 Å². The lowest BCUT2D eigenvalue weighted by molar-refractivity contribution is -0.189. The van der Waals surface area contributed by atoms with Crippen molar-refractivity contribution >= 4 is 28.3 Å². The summed E-state index contributed by atoms with van der Waals surface area (Å²) < 4.78 is 41.2. The molecule has 178 valence electrons. The Labute approximate surface area is 192 Å². The Morgan fingerprint density at radius 3 is 2.53 bits per heavy atom. The standard InChI is InChI=1S/C25H33ClF3NO2/c1-17(10-14-31)15-22(32)23-19-16-18(26)8-9-20(19)30(2)21(23)7-5-3-4-6-11-24(12-13-24)25(27,28)29/h8-9,16-17,31H,3-7,10-15H2,1-2H3/t17-/m1/s1. The molecule has 1 aromatic heterocycles. The van der Waals surface area contributed by atoms with E-state index in [2.05, 4.69) is 0 Å². The number of alkyl halides is 3. The molecular weight excluding hydrogens is 439 g/mol. The van der Waals surface area contributed by atoms with Gasteiger partial charge in [0.1, 0.15) is 0 Å². The molecule has 2 aromatic rings. The lowest BCUT2D eigenvalue weighted by Gasteiger charge is -2.18. The van der Waals surface area contributed by atoms with Gasteiger partial charge in [-0.2, -0.15) is 13.2 Å². The summed E-state index contributed by atoms with van der Waals surface area (Å²) in [7, 11) is 1.94. The number of aliphatic hydroxyl groups excluding tert-OH is 1. The minimum Gasteiger partial charge on any atom is -0.396 e. The van der Waals surface area contributed by atoms with E-state index in [9.17, 15) is 23.1 Å². The third-order valence-corrected chi connectivity index (χ3v) is 7.23. The largest absolute Gasteiger partial charge is 0.396 e. The second kappa shape index (κ2) is 10.2. The van der Waals surface area contributed by atoms with Gasteiger partial charge in [0.2, 0.25) is 0 Å². The van der Waals surface area contributed by atoms with Crippen LogP contribution in [0.4, 0.5) is 13.2 Å². The number of aromatic nitrogens is 1. The number of fused-ring (bicyclic) bond motifs is 1. The summed E-state index contributed by atoms with van der Waals surface area (Å²) in [6, 6.07) is 5.56. The number of aliphatic hydroxyl groups is 1. The Balaban J connectivity index is 1.66. The second-order valence-corrected chi connectivity index (χ2v) is 9.92. The SMILES string of the molecule is C[C@H](CCO)CC(=O)c1c(CCCCCCC2(C(F)(F)F)CC2)n(C)c2ccc(Cl)cc12. The molecule has 0 bridgehead atoms. The van der Waals surface area contributed by atoms with Crippen LogP contribution in [0.25, 0.3) is 10.9 Å². The van der Waals surface area contributed by atoms with Gasteiger partial charge in [-0.05, 0) is 62.6 Å². The summed E-state index contributed by atoms with van der Waals surface area (Å²) in [5.74, 6) is 0.132. The fourth-order valence-electron chi connectivity index (χ4n) is 4.75. The van der Waals surface area contributed by atoms with Crippen molar-refractivity contribution in [2.24, 2.45) is 18.4 Å². The second-order valence-electron chi connectivity index (χ2n) is 9.48. The van der Waals surface area contributed by atoms with E-state index in [-0.39, 0.29) is 37.6 Å². The number of aryl methyl sites for hydroxylation is 1. The van der Waals surface area contributed by atoms with Crippen molar-refractivity contribution in [1.29, 1.82) is 0 Å². The number of halogens is 4. The van der Waals surface area contributed by atoms with Gasteiger partial charge in [-0.3, -0.25) is 4.79 Å². The monoisotopic (exact) mass is 471 g/mol. The molecule has 0 amide bonds. The quantitative estimate of drug-likeness (QED) is 0.261. The molecule has 1 heterocycles. The number of hydrogen-bond donors (Lipinski definition) is 1. The number of unbranched alkanes of at least 4 members (excludes halogenated alkanes) is 3. The zero-order valence-corrected chi connectivity index (χ0v) is 19.7. The zero-order chi connectivity index (χ0) is 23.5. The van der Waals surface area contributed by atoms with E-state index >= 15 is 0 Å². The maximum absolute atomic E-state index is 13.2. The highest BCUT2D eigenvalue weighted by Crippen LogP contribution is 2.60. The Morgan fingerprint density at radius 1 is 1.22 bits per heavy atom. The predicted molar refractivity (Wildman–Crippen MR) is 122 cm³/mol. The van der Waals surface area contributed by atoms with Crippen LogP contribution >= 0.6 is 11.6 Å². The predicted octanol–water partition coefficient (Wildman–Crippen LogP) is 7.26. The molecule has 0 unspecified atom stereocenters. The summed E-state index contributed by atoms with van der Waals surface area (Å²) in [5, 5.41) is 10.6. The Morgan fingerprint density at radius 2 is 1.91 bits per heavy atom. The Bertz CT molecular complexity index is 947. The van der Waals surface area contributed by atoms with Gasteiger partial charge in [0.25, 0.3) is 0 Å². The summed E-state index contributed by atoms with van der Waals surface area (Å²) >= 11 is 6.21. The molecule has 0 radical (unpaired) electrons. The van der Waals surface area contributed by atoms with Crippen LogP contribution in [0.15, 0.2) is 18.2 Å². The first-order chi connectivity index (χ1) is 15.1. The summed E-state index contributed by atoms with van der Waals surface area (Å²) in [5.41, 5.74) is 1.19. The van der Waals surface area contributed by atoms with Crippen molar-refractivity contribution in [2.45, 2.75) is 77.3 Å². The molecule has 0 saturated heterocycles. The molecule has 1 aliphatic carbocycles. The van der Waals surface area contributed by atoms with Crippen molar-refractivity contribution in [3.63, 3.8) is 0 Å². The molecule has 0 spiro atoms. The van der Waals surface area contributed by atoms with Gasteiger partial charge < -0.3 is 9.67 Å². The average Bonchev–Trinajstić information content (AvgIpc) is 3.45. The number of carbonyl (C=O) groups excluding carboxylic acids is 1. The van der Waals surface area contributed by atoms with Crippen molar-refractivity contribution in [2.75, 3.05) is 6.61 Å². The highest BCUT2D eigenvalue weighted by molar-refractivity contribution is 6.31. The lowest BCUT2D eigenvalue weighted by Crippen LogP contribution is -2.24. The van der Waals surface area contributed by atoms with Crippen LogP contribution in [0, 0.1) is 11.3 Å².